The zero-order chi connectivity index (χ0) is 13.1. The molecule has 1 aromatic rings. The van der Waals surface area contributed by atoms with Crippen molar-refractivity contribution in [1.82, 2.24) is 0 Å². The molecule has 4 nitrogen and oxygen atoms in total. The third kappa shape index (κ3) is 4.66. The van der Waals surface area contributed by atoms with Crippen LogP contribution in [0.5, 0.6) is 0 Å². The lowest BCUT2D eigenvalue weighted by atomic mass is 10.1. The molecule has 0 aliphatic heterocycles. The summed E-state index contributed by atoms with van der Waals surface area (Å²) < 4.78 is 5.10. The highest BCUT2D eigenvalue weighted by Gasteiger charge is 2.24. The van der Waals surface area contributed by atoms with Gasteiger partial charge >= 0.3 is 5.97 Å². The summed E-state index contributed by atoms with van der Waals surface area (Å²) in [4.78, 5) is 23.9. The molecule has 0 aliphatic rings. The van der Waals surface area contributed by atoms with Crippen molar-refractivity contribution in [3.8, 4) is 0 Å². The molecule has 0 bridgehead atoms. The molecule has 1 atom stereocenters. The van der Waals surface area contributed by atoms with E-state index in [9.17, 15) is 9.59 Å². The van der Waals surface area contributed by atoms with Gasteiger partial charge in [-0.05, 0) is 32.2 Å². The molecular formula is C12H17NO3S. The number of esters is 1. The molecule has 1 unspecified atom stereocenters. The van der Waals surface area contributed by atoms with Crippen LogP contribution in [0, 0.1) is 0 Å². The molecule has 1 heterocycles. The normalized spacial score (nSPS) is 13.2. The number of thiophene rings is 1. The molecular weight excluding hydrogens is 238 g/mol. The Morgan fingerprint density at radius 1 is 1.47 bits per heavy atom. The topological polar surface area (TPSA) is 69.4 Å². The van der Waals surface area contributed by atoms with Gasteiger partial charge in [-0.25, -0.2) is 0 Å². The number of hydrogen-bond acceptors (Lipinski definition) is 5. The number of Topliss-reactive ketones (excluding diaryl/α,β-unsaturated/α-hetero) is 1. The van der Waals surface area contributed by atoms with Gasteiger partial charge in [0.15, 0.2) is 5.78 Å². The summed E-state index contributed by atoms with van der Waals surface area (Å²) in [7, 11) is 0. The van der Waals surface area contributed by atoms with Gasteiger partial charge in [0, 0.05) is 6.42 Å². The minimum absolute atomic E-state index is 0.0184. The minimum atomic E-state index is -0.899. The van der Waals surface area contributed by atoms with E-state index in [-0.39, 0.29) is 12.2 Å². The van der Waals surface area contributed by atoms with E-state index >= 15 is 0 Å². The molecule has 2 N–H and O–H groups in total. The van der Waals surface area contributed by atoms with Crippen molar-refractivity contribution in [2.24, 2.45) is 5.73 Å². The van der Waals surface area contributed by atoms with Gasteiger partial charge in [0.2, 0.25) is 0 Å². The lowest BCUT2D eigenvalue weighted by molar-refractivity contribution is -0.156. The van der Waals surface area contributed by atoms with Crippen molar-refractivity contribution in [3.05, 3.63) is 22.4 Å². The molecule has 0 saturated heterocycles. The quantitative estimate of drug-likeness (QED) is 0.660. The lowest BCUT2D eigenvalue weighted by Crippen LogP contribution is -2.38. The fourth-order valence-electron chi connectivity index (χ4n) is 1.20. The average Bonchev–Trinajstić information content (AvgIpc) is 2.67. The number of ketones is 1. The van der Waals surface area contributed by atoms with E-state index in [0.29, 0.717) is 4.88 Å². The molecule has 1 rings (SSSR count). The first-order valence-electron chi connectivity index (χ1n) is 5.35. The Labute approximate surface area is 105 Å². The Morgan fingerprint density at radius 2 is 2.12 bits per heavy atom. The summed E-state index contributed by atoms with van der Waals surface area (Å²) in [5.74, 6) is -0.666. The molecule has 0 saturated carbocycles. The van der Waals surface area contributed by atoms with Crippen LogP contribution in [-0.4, -0.2) is 23.4 Å². The molecule has 0 aromatic carbocycles. The van der Waals surface area contributed by atoms with Crippen LogP contribution in [0.2, 0.25) is 0 Å². The maximum absolute atomic E-state index is 11.7. The molecule has 1 aromatic heterocycles. The first kappa shape index (κ1) is 13.9. The fourth-order valence-corrected chi connectivity index (χ4v) is 1.87. The van der Waals surface area contributed by atoms with E-state index in [1.54, 1.807) is 32.9 Å². The highest BCUT2D eigenvalue weighted by Crippen LogP contribution is 2.14. The zero-order valence-corrected chi connectivity index (χ0v) is 11.0. The van der Waals surface area contributed by atoms with Crippen LogP contribution >= 0.6 is 11.3 Å². The summed E-state index contributed by atoms with van der Waals surface area (Å²) in [5.41, 5.74) is 5.06. The molecule has 0 fully saturated rings. The van der Waals surface area contributed by atoms with Crippen molar-refractivity contribution in [2.75, 3.05) is 0 Å². The van der Waals surface area contributed by atoms with Crippen molar-refractivity contribution in [1.29, 1.82) is 0 Å². The Morgan fingerprint density at radius 3 is 2.59 bits per heavy atom. The van der Waals surface area contributed by atoms with E-state index in [0.717, 1.165) is 0 Å². The molecule has 0 aliphatic carbocycles. The van der Waals surface area contributed by atoms with Crippen LogP contribution in [0.25, 0.3) is 0 Å². The highest BCUT2D eigenvalue weighted by molar-refractivity contribution is 7.12. The van der Waals surface area contributed by atoms with Crippen LogP contribution < -0.4 is 5.73 Å². The smallest absolute Gasteiger partial charge is 0.323 e. The lowest BCUT2D eigenvalue weighted by Gasteiger charge is -2.21. The minimum Gasteiger partial charge on any atom is -0.459 e. The summed E-state index contributed by atoms with van der Waals surface area (Å²) in [6.07, 6.45) is -0.0184. The molecule has 17 heavy (non-hydrogen) atoms. The van der Waals surface area contributed by atoms with Crippen LogP contribution in [0.1, 0.15) is 36.9 Å². The Balaban J connectivity index is 2.52. The first-order valence-corrected chi connectivity index (χ1v) is 6.23. The fraction of sp³-hybridized carbons (Fsp3) is 0.500. The Bertz CT molecular complexity index is 392. The summed E-state index contributed by atoms with van der Waals surface area (Å²) in [6.45, 7) is 5.29. The average molecular weight is 255 g/mol. The number of carbonyl (C=O) groups is 2. The SMILES string of the molecule is CC(C)(C)OC(=O)C(N)CC(=O)c1cccs1. The third-order valence-electron chi connectivity index (χ3n) is 1.91. The van der Waals surface area contributed by atoms with Crippen LogP contribution in [-0.2, 0) is 9.53 Å². The summed E-state index contributed by atoms with van der Waals surface area (Å²) >= 11 is 1.34. The second-order valence-electron chi connectivity index (χ2n) is 4.74. The third-order valence-corrected chi connectivity index (χ3v) is 2.82. The molecule has 94 valence electrons. The monoisotopic (exact) mass is 255 g/mol. The maximum Gasteiger partial charge on any atom is 0.323 e. The number of hydrogen-bond donors (Lipinski definition) is 1. The summed E-state index contributed by atoms with van der Waals surface area (Å²) in [5, 5.41) is 1.81. The zero-order valence-electron chi connectivity index (χ0n) is 10.2. The van der Waals surface area contributed by atoms with Crippen LogP contribution in [0.15, 0.2) is 17.5 Å². The van der Waals surface area contributed by atoms with Crippen LogP contribution in [0.3, 0.4) is 0 Å². The number of nitrogens with two attached hydrogens (primary N) is 1. The van der Waals surface area contributed by atoms with Gasteiger partial charge in [-0.2, -0.15) is 0 Å². The van der Waals surface area contributed by atoms with Crippen molar-refractivity contribution in [3.63, 3.8) is 0 Å². The number of rotatable bonds is 4. The van der Waals surface area contributed by atoms with Gasteiger partial charge in [-0.3, -0.25) is 9.59 Å². The van der Waals surface area contributed by atoms with Crippen molar-refractivity contribution < 1.29 is 14.3 Å². The van der Waals surface area contributed by atoms with E-state index in [1.807, 2.05) is 5.38 Å². The molecule has 0 spiro atoms. The van der Waals surface area contributed by atoms with Crippen molar-refractivity contribution in [2.45, 2.75) is 38.8 Å². The van der Waals surface area contributed by atoms with Gasteiger partial charge < -0.3 is 10.5 Å². The molecule has 0 radical (unpaired) electrons. The van der Waals surface area contributed by atoms with Gasteiger partial charge in [0.05, 0.1) is 4.88 Å². The predicted molar refractivity (Wildman–Crippen MR) is 67.1 cm³/mol. The maximum atomic E-state index is 11.7. The highest BCUT2D eigenvalue weighted by atomic mass is 32.1. The van der Waals surface area contributed by atoms with Gasteiger partial charge in [-0.15, -0.1) is 11.3 Å². The standard InChI is InChI=1S/C12H17NO3S/c1-12(2,3)16-11(15)8(13)7-9(14)10-5-4-6-17-10/h4-6,8H,7,13H2,1-3H3. The molecule has 5 heteroatoms. The van der Waals surface area contributed by atoms with Crippen molar-refractivity contribution >= 4 is 23.1 Å². The predicted octanol–water partition coefficient (Wildman–Crippen LogP) is 1.99. The van der Waals surface area contributed by atoms with E-state index < -0.39 is 17.6 Å². The largest absolute Gasteiger partial charge is 0.459 e. The number of carbonyl (C=O) groups excluding carboxylic acids is 2. The summed E-state index contributed by atoms with van der Waals surface area (Å²) in [6, 6.07) is 2.61. The number of ether oxygens (including phenoxy) is 1. The van der Waals surface area contributed by atoms with Gasteiger partial charge in [0.25, 0.3) is 0 Å². The Kier molecular flexibility index (Phi) is 4.42. The van der Waals surface area contributed by atoms with E-state index in [1.165, 1.54) is 11.3 Å². The van der Waals surface area contributed by atoms with E-state index in [2.05, 4.69) is 0 Å². The first-order chi connectivity index (χ1) is 7.79. The van der Waals surface area contributed by atoms with Gasteiger partial charge in [-0.1, -0.05) is 6.07 Å². The van der Waals surface area contributed by atoms with Crippen LogP contribution in [0.4, 0.5) is 0 Å². The second kappa shape index (κ2) is 5.42. The van der Waals surface area contributed by atoms with E-state index in [4.69, 9.17) is 10.5 Å². The second-order valence-corrected chi connectivity index (χ2v) is 5.69. The molecule has 0 amide bonds. The Hall–Kier alpha value is -1.20. The van der Waals surface area contributed by atoms with Gasteiger partial charge in [0.1, 0.15) is 11.6 Å².